The van der Waals surface area contributed by atoms with Crippen molar-refractivity contribution in [2.75, 3.05) is 6.54 Å². The molecule has 1 amide bonds. The highest BCUT2D eigenvalue weighted by Crippen LogP contribution is 2.39. The minimum absolute atomic E-state index is 0.136. The Morgan fingerprint density at radius 3 is 2.68 bits per heavy atom. The molecular formula is C22H18ClN3O2. The van der Waals surface area contributed by atoms with Crippen LogP contribution in [0.2, 0.25) is 5.02 Å². The van der Waals surface area contributed by atoms with Crippen LogP contribution in [0.5, 0.6) is 5.75 Å². The van der Waals surface area contributed by atoms with Crippen LogP contribution in [0, 0.1) is 0 Å². The van der Waals surface area contributed by atoms with Crippen LogP contribution in [0.3, 0.4) is 0 Å². The third-order valence-electron chi connectivity index (χ3n) is 4.65. The molecule has 0 saturated heterocycles. The highest BCUT2D eigenvalue weighted by Gasteiger charge is 2.26. The summed E-state index contributed by atoms with van der Waals surface area (Å²) in [5, 5.41) is 3.47. The van der Waals surface area contributed by atoms with Gasteiger partial charge < -0.3 is 10.1 Å². The second-order valence-corrected chi connectivity index (χ2v) is 6.96. The number of aromatic nitrogens is 2. The Kier molecular flexibility index (Phi) is 5.08. The lowest BCUT2D eigenvalue weighted by molar-refractivity contribution is 0.0933. The van der Waals surface area contributed by atoms with Gasteiger partial charge in [0, 0.05) is 35.5 Å². The summed E-state index contributed by atoms with van der Waals surface area (Å²) in [6.07, 6.45) is 7.24. The van der Waals surface area contributed by atoms with E-state index in [0.717, 1.165) is 22.3 Å². The zero-order chi connectivity index (χ0) is 19.5. The topological polar surface area (TPSA) is 64.1 Å². The fourth-order valence-electron chi connectivity index (χ4n) is 3.20. The van der Waals surface area contributed by atoms with Crippen molar-refractivity contribution < 1.29 is 9.53 Å². The van der Waals surface area contributed by atoms with Crippen LogP contribution >= 0.6 is 11.6 Å². The van der Waals surface area contributed by atoms with Gasteiger partial charge in [-0.25, -0.2) is 9.97 Å². The molecule has 0 spiro atoms. The van der Waals surface area contributed by atoms with Crippen LogP contribution in [0.25, 0.3) is 17.2 Å². The van der Waals surface area contributed by atoms with Crippen LogP contribution in [-0.4, -0.2) is 28.5 Å². The summed E-state index contributed by atoms with van der Waals surface area (Å²) in [5.41, 5.74) is 4.43. The van der Waals surface area contributed by atoms with Gasteiger partial charge in [0.15, 0.2) is 0 Å². The van der Waals surface area contributed by atoms with E-state index in [9.17, 15) is 4.79 Å². The smallest absolute Gasteiger partial charge is 0.251 e. The van der Waals surface area contributed by atoms with E-state index in [2.05, 4.69) is 21.9 Å². The van der Waals surface area contributed by atoms with Gasteiger partial charge in [-0.2, -0.15) is 0 Å². The maximum Gasteiger partial charge on any atom is 0.251 e. The molecular weight excluding hydrogens is 374 g/mol. The molecule has 1 N–H and O–H groups in total. The lowest BCUT2D eigenvalue weighted by atomic mass is 10.0. The van der Waals surface area contributed by atoms with E-state index in [1.807, 2.05) is 24.3 Å². The minimum Gasteiger partial charge on any atom is -0.486 e. The number of hydrogen-bond donors (Lipinski definition) is 1. The molecule has 0 saturated carbocycles. The molecule has 1 unspecified atom stereocenters. The van der Waals surface area contributed by atoms with Gasteiger partial charge >= 0.3 is 0 Å². The molecule has 0 aliphatic carbocycles. The fourth-order valence-corrected chi connectivity index (χ4v) is 3.48. The van der Waals surface area contributed by atoms with Gasteiger partial charge in [-0.05, 0) is 35.4 Å². The molecule has 6 heteroatoms. The van der Waals surface area contributed by atoms with Gasteiger partial charge in [-0.1, -0.05) is 36.4 Å². The molecule has 4 rings (SSSR count). The van der Waals surface area contributed by atoms with Gasteiger partial charge in [0.2, 0.25) is 0 Å². The fraction of sp³-hybridized carbons (Fsp3) is 0.136. The average molecular weight is 392 g/mol. The Balaban J connectivity index is 1.42. The van der Waals surface area contributed by atoms with E-state index >= 15 is 0 Å². The largest absolute Gasteiger partial charge is 0.486 e. The zero-order valence-corrected chi connectivity index (χ0v) is 15.8. The van der Waals surface area contributed by atoms with Crippen molar-refractivity contribution in [3.63, 3.8) is 0 Å². The highest BCUT2D eigenvalue weighted by molar-refractivity contribution is 6.32. The average Bonchev–Trinajstić information content (AvgIpc) is 3.16. The van der Waals surface area contributed by atoms with E-state index in [1.165, 1.54) is 6.33 Å². The van der Waals surface area contributed by atoms with Crippen LogP contribution < -0.4 is 10.1 Å². The van der Waals surface area contributed by atoms with E-state index < -0.39 is 0 Å². The molecule has 3 aromatic rings. The number of fused-ring (bicyclic) bond motifs is 1. The molecule has 2 heterocycles. The Hall–Kier alpha value is -3.18. The van der Waals surface area contributed by atoms with Crippen molar-refractivity contribution in [1.82, 2.24) is 15.3 Å². The second kappa shape index (κ2) is 7.82. The molecule has 1 atom stereocenters. The number of rotatable bonds is 5. The zero-order valence-electron chi connectivity index (χ0n) is 15.1. The predicted molar refractivity (Wildman–Crippen MR) is 109 cm³/mol. The Bertz CT molecular complexity index is 1020. The number of nitrogens with one attached hydrogen (secondary N) is 1. The van der Waals surface area contributed by atoms with Crippen LogP contribution in [0.4, 0.5) is 0 Å². The number of halogens is 1. The first-order valence-electron chi connectivity index (χ1n) is 8.89. The Morgan fingerprint density at radius 1 is 1.21 bits per heavy atom. The van der Waals surface area contributed by atoms with E-state index in [-0.39, 0.29) is 12.0 Å². The van der Waals surface area contributed by atoms with Gasteiger partial charge in [-0.15, -0.1) is 0 Å². The molecule has 0 fully saturated rings. The van der Waals surface area contributed by atoms with Crippen molar-refractivity contribution in [2.24, 2.45) is 0 Å². The molecule has 0 bridgehead atoms. The first-order chi connectivity index (χ1) is 13.6. The predicted octanol–water partition coefficient (Wildman–Crippen LogP) is 4.17. The SMILES string of the molecule is C=Cc1ccc(C(=O)NCC2Cc3cc(-c4cncnc4)cc(Cl)c3O2)cc1. The van der Waals surface area contributed by atoms with Crippen molar-refractivity contribution in [2.45, 2.75) is 12.5 Å². The summed E-state index contributed by atoms with van der Waals surface area (Å²) in [4.78, 5) is 20.4. The molecule has 2 aromatic carbocycles. The molecule has 1 aromatic heterocycles. The summed E-state index contributed by atoms with van der Waals surface area (Å²) in [5.74, 6) is 0.542. The summed E-state index contributed by atoms with van der Waals surface area (Å²) in [7, 11) is 0. The first-order valence-corrected chi connectivity index (χ1v) is 9.27. The number of amides is 1. The molecule has 1 aliphatic rings. The number of ether oxygens (including phenoxy) is 1. The van der Waals surface area contributed by atoms with Gasteiger partial charge in [0.1, 0.15) is 18.2 Å². The Morgan fingerprint density at radius 2 is 1.96 bits per heavy atom. The van der Waals surface area contributed by atoms with E-state index in [4.69, 9.17) is 16.3 Å². The quantitative estimate of drug-likeness (QED) is 0.708. The first kappa shape index (κ1) is 18.2. The number of hydrogen-bond acceptors (Lipinski definition) is 4. The van der Waals surface area contributed by atoms with Gasteiger partial charge in [0.25, 0.3) is 5.91 Å². The second-order valence-electron chi connectivity index (χ2n) is 6.55. The van der Waals surface area contributed by atoms with Crippen LogP contribution in [0.1, 0.15) is 21.5 Å². The van der Waals surface area contributed by atoms with Gasteiger partial charge in [0.05, 0.1) is 11.6 Å². The third kappa shape index (κ3) is 3.75. The van der Waals surface area contributed by atoms with Crippen molar-refractivity contribution in [3.8, 4) is 16.9 Å². The van der Waals surface area contributed by atoms with Crippen molar-refractivity contribution in [3.05, 3.63) is 83.4 Å². The lowest BCUT2D eigenvalue weighted by Gasteiger charge is -2.12. The molecule has 5 nitrogen and oxygen atoms in total. The summed E-state index contributed by atoms with van der Waals surface area (Å²) in [6.45, 7) is 4.11. The standard InChI is InChI=1S/C22H18ClN3O2/c1-2-14-3-5-15(6-4-14)22(27)26-12-19-8-17-7-16(9-20(23)21(17)28-19)18-10-24-13-25-11-18/h2-7,9-11,13,19H,1,8,12H2,(H,26,27). The third-order valence-corrected chi connectivity index (χ3v) is 4.93. The number of benzene rings is 2. The number of carbonyl (C=O) groups is 1. The highest BCUT2D eigenvalue weighted by atomic mass is 35.5. The van der Waals surface area contributed by atoms with E-state index in [0.29, 0.717) is 29.3 Å². The maximum absolute atomic E-state index is 12.3. The lowest BCUT2D eigenvalue weighted by Crippen LogP contribution is -2.34. The molecule has 0 radical (unpaired) electrons. The minimum atomic E-state index is -0.161. The summed E-state index contributed by atoms with van der Waals surface area (Å²) < 4.78 is 5.96. The summed E-state index contributed by atoms with van der Waals surface area (Å²) in [6, 6.07) is 11.2. The maximum atomic E-state index is 12.3. The van der Waals surface area contributed by atoms with E-state index in [1.54, 1.807) is 30.6 Å². The van der Waals surface area contributed by atoms with Crippen molar-refractivity contribution >= 4 is 23.6 Å². The molecule has 1 aliphatic heterocycles. The Labute approximate surface area is 168 Å². The van der Waals surface area contributed by atoms with Crippen LogP contribution in [-0.2, 0) is 6.42 Å². The summed E-state index contributed by atoms with van der Waals surface area (Å²) >= 11 is 6.42. The number of carbonyl (C=O) groups excluding carboxylic acids is 1. The van der Waals surface area contributed by atoms with Crippen LogP contribution in [0.15, 0.2) is 61.7 Å². The number of nitrogens with zero attached hydrogens (tertiary/aromatic N) is 2. The van der Waals surface area contributed by atoms with Crippen molar-refractivity contribution in [1.29, 1.82) is 0 Å². The molecule has 28 heavy (non-hydrogen) atoms. The molecule has 140 valence electrons. The monoisotopic (exact) mass is 391 g/mol. The normalized spacial score (nSPS) is 14.8. The van der Waals surface area contributed by atoms with Gasteiger partial charge in [-0.3, -0.25) is 4.79 Å².